The average Bonchev–Trinajstić information content (AvgIpc) is 2.93. The van der Waals surface area contributed by atoms with Gasteiger partial charge in [-0.05, 0) is 25.0 Å². The summed E-state index contributed by atoms with van der Waals surface area (Å²) in [5.41, 5.74) is 1.08. The number of para-hydroxylation sites is 1. The molecule has 1 heterocycles. The van der Waals surface area contributed by atoms with Crippen LogP contribution in [0, 0.1) is 0 Å². The second-order valence-electron chi connectivity index (χ2n) is 5.25. The molecule has 1 amide bonds. The summed E-state index contributed by atoms with van der Waals surface area (Å²) in [4.78, 5) is 12.2. The van der Waals surface area contributed by atoms with Crippen molar-refractivity contribution in [3.05, 3.63) is 29.8 Å². The SMILES string of the molecule is CCc1ccccc1O[C@@H](C)C(=O)Nc1nnc(SC(C)C)s1. The highest BCUT2D eigenvalue weighted by molar-refractivity contribution is 8.01. The van der Waals surface area contributed by atoms with Crippen LogP contribution >= 0.6 is 23.1 Å². The number of hydrogen-bond donors (Lipinski definition) is 1. The van der Waals surface area contributed by atoms with E-state index in [9.17, 15) is 4.79 Å². The topological polar surface area (TPSA) is 64.1 Å². The number of ether oxygens (including phenoxy) is 1. The van der Waals surface area contributed by atoms with Gasteiger partial charge in [-0.3, -0.25) is 10.1 Å². The van der Waals surface area contributed by atoms with E-state index < -0.39 is 6.10 Å². The number of amides is 1. The number of thioether (sulfide) groups is 1. The predicted octanol–water partition coefficient (Wildman–Crippen LogP) is 4.01. The van der Waals surface area contributed by atoms with Crippen molar-refractivity contribution in [2.75, 3.05) is 5.32 Å². The van der Waals surface area contributed by atoms with Gasteiger partial charge >= 0.3 is 0 Å². The minimum Gasteiger partial charge on any atom is -0.481 e. The predicted molar refractivity (Wildman–Crippen MR) is 95.4 cm³/mol. The van der Waals surface area contributed by atoms with E-state index in [4.69, 9.17) is 4.74 Å². The van der Waals surface area contributed by atoms with Crippen molar-refractivity contribution < 1.29 is 9.53 Å². The van der Waals surface area contributed by atoms with Gasteiger partial charge in [-0.1, -0.05) is 62.1 Å². The zero-order chi connectivity index (χ0) is 16.8. The quantitative estimate of drug-likeness (QED) is 0.603. The Morgan fingerprint density at radius 2 is 2.04 bits per heavy atom. The van der Waals surface area contributed by atoms with E-state index in [1.807, 2.05) is 24.3 Å². The first-order valence-electron chi connectivity index (χ1n) is 7.55. The first kappa shape index (κ1) is 17.7. The third kappa shape index (κ3) is 5.21. The molecule has 1 aromatic carbocycles. The number of carbonyl (C=O) groups is 1. The van der Waals surface area contributed by atoms with Crippen LogP contribution in [0.2, 0.25) is 0 Å². The lowest BCUT2D eigenvalue weighted by Gasteiger charge is -2.15. The van der Waals surface area contributed by atoms with E-state index in [0.717, 1.165) is 22.1 Å². The molecule has 0 fully saturated rings. The largest absolute Gasteiger partial charge is 0.481 e. The number of rotatable bonds is 7. The van der Waals surface area contributed by atoms with Crippen LogP contribution in [0.5, 0.6) is 5.75 Å². The standard InChI is InChI=1S/C16H21N3O2S2/c1-5-12-8-6-7-9-13(12)21-11(4)14(20)17-15-18-19-16(23-15)22-10(2)3/h6-11H,5H2,1-4H3,(H,17,18,20)/t11-/m0/s1. The summed E-state index contributed by atoms with van der Waals surface area (Å²) in [6.07, 6.45) is 0.254. The molecule has 0 spiro atoms. The fraction of sp³-hybridized carbons (Fsp3) is 0.438. The zero-order valence-electron chi connectivity index (χ0n) is 13.7. The van der Waals surface area contributed by atoms with Crippen molar-refractivity contribution in [2.24, 2.45) is 0 Å². The Labute approximate surface area is 144 Å². The molecule has 2 aromatic rings. The zero-order valence-corrected chi connectivity index (χ0v) is 15.3. The number of carbonyl (C=O) groups excluding carboxylic acids is 1. The number of anilines is 1. The molecule has 0 bridgehead atoms. The summed E-state index contributed by atoms with van der Waals surface area (Å²) in [5.74, 6) is 0.513. The van der Waals surface area contributed by atoms with Crippen LogP contribution < -0.4 is 10.1 Å². The Kier molecular flexibility index (Phi) is 6.41. The van der Waals surface area contributed by atoms with Crippen molar-refractivity contribution in [3.8, 4) is 5.75 Å². The van der Waals surface area contributed by atoms with E-state index in [0.29, 0.717) is 10.4 Å². The second kappa shape index (κ2) is 8.31. The minimum absolute atomic E-state index is 0.229. The normalized spacial score (nSPS) is 12.2. The van der Waals surface area contributed by atoms with Gasteiger partial charge < -0.3 is 4.74 Å². The number of aromatic nitrogens is 2. The Hall–Kier alpha value is -1.60. The highest BCUT2D eigenvalue weighted by Gasteiger charge is 2.18. The maximum absolute atomic E-state index is 12.2. The average molecular weight is 351 g/mol. The number of nitrogens with one attached hydrogen (secondary N) is 1. The van der Waals surface area contributed by atoms with Crippen LogP contribution in [-0.2, 0) is 11.2 Å². The molecule has 0 aliphatic heterocycles. The number of hydrogen-bond acceptors (Lipinski definition) is 6. The summed E-state index contributed by atoms with van der Waals surface area (Å²) >= 11 is 3.00. The summed E-state index contributed by atoms with van der Waals surface area (Å²) in [6, 6.07) is 7.75. The van der Waals surface area contributed by atoms with Crippen LogP contribution in [0.15, 0.2) is 28.6 Å². The monoisotopic (exact) mass is 351 g/mol. The van der Waals surface area contributed by atoms with Gasteiger partial charge in [0.15, 0.2) is 10.4 Å². The molecule has 23 heavy (non-hydrogen) atoms. The fourth-order valence-corrected chi connectivity index (χ4v) is 3.85. The molecule has 0 aliphatic rings. The second-order valence-corrected chi connectivity index (χ2v) is 8.05. The van der Waals surface area contributed by atoms with Gasteiger partial charge in [0.05, 0.1) is 0 Å². The molecule has 1 N–H and O–H groups in total. The maximum Gasteiger partial charge on any atom is 0.266 e. The molecule has 2 rings (SSSR count). The van der Waals surface area contributed by atoms with Crippen molar-refractivity contribution >= 4 is 34.1 Å². The fourth-order valence-electron chi connectivity index (χ4n) is 1.87. The molecule has 1 atom stereocenters. The molecule has 1 aromatic heterocycles. The van der Waals surface area contributed by atoms with Crippen molar-refractivity contribution in [1.29, 1.82) is 0 Å². The molecular weight excluding hydrogens is 330 g/mol. The van der Waals surface area contributed by atoms with Gasteiger partial charge in [-0.25, -0.2) is 0 Å². The first-order chi connectivity index (χ1) is 11.0. The van der Waals surface area contributed by atoms with Gasteiger partial charge in [-0.15, -0.1) is 10.2 Å². The molecule has 0 radical (unpaired) electrons. The van der Waals surface area contributed by atoms with E-state index in [1.54, 1.807) is 18.7 Å². The summed E-state index contributed by atoms with van der Waals surface area (Å²) in [6.45, 7) is 7.96. The van der Waals surface area contributed by atoms with Crippen molar-refractivity contribution in [1.82, 2.24) is 10.2 Å². The molecule has 124 valence electrons. The van der Waals surface area contributed by atoms with Crippen LogP contribution in [0.25, 0.3) is 0 Å². The van der Waals surface area contributed by atoms with Gasteiger partial charge in [0.25, 0.3) is 5.91 Å². The lowest BCUT2D eigenvalue weighted by molar-refractivity contribution is -0.122. The molecule has 7 heteroatoms. The van der Waals surface area contributed by atoms with E-state index in [-0.39, 0.29) is 5.91 Å². The third-order valence-corrected chi connectivity index (χ3v) is 4.93. The maximum atomic E-state index is 12.2. The van der Waals surface area contributed by atoms with Gasteiger partial charge in [0, 0.05) is 5.25 Å². The highest BCUT2D eigenvalue weighted by Crippen LogP contribution is 2.28. The first-order valence-corrected chi connectivity index (χ1v) is 9.24. The Balaban J connectivity index is 1.96. The molecule has 0 unspecified atom stereocenters. The Bertz CT molecular complexity index is 658. The minimum atomic E-state index is -0.604. The van der Waals surface area contributed by atoms with Gasteiger partial charge in [0.2, 0.25) is 5.13 Å². The molecule has 0 saturated carbocycles. The smallest absolute Gasteiger partial charge is 0.266 e. The van der Waals surface area contributed by atoms with Gasteiger partial charge in [0.1, 0.15) is 5.75 Å². The lowest BCUT2D eigenvalue weighted by Crippen LogP contribution is -2.30. The van der Waals surface area contributed by atoms with E-state index >= 15 is 0 Å². The Morgan fingerprint density at radius 1 is 1.30 bits per heavy atom. The lowest BCUT2D eigenvalue weighted by atomic mass is 10.1. The third-order valence-electron chi connectivity index (χ3n) is 3.00. The molecule has 0 saturated heterocycles. The van der Waals surface area contributed by atoms with E-state index in [1.165, 1.54) is 11.3 Å². The highest BCUT2D eigenvalue weighted by atomic mass is 32.2. The van der Waals surface area contributed by atoms with Gasteiger partial charge in [-0.2, -0.15) is 0 Å². The van der Waals surface area contributed by atoms with Crippen LogP contribution in [0.3, 0.4) is 0 Å². The summed E-state index contributed by atoms with van der Waals surface area (Å²) in [7, 11) is 0. The van der Waals surface area contributed by atoms with Crippen molar-refractivity contribution in [2.45, 2.75) is 49.8 Å². The van der Waals surface area contributed by atoms with Crippen LogP contribution in [-0.4, -0.2) is 27.5 Å². The number of aryl methyl sites for hydroxylation is 1. The van der Waals surface area contributed by atoms with E-state index in [2.05, 4.69) is 36.3 Å². The number of nitrogens with zero attached hydrogens (tertiary/aromatic N) is 2. The summed E-state index contributed by atoms with van der Waals surface area (Å²) in [5, 5.41) is 11.7. The molecule has 0 aliphatic carbocycles. The van der Waals surface area contributed by atoms with Crippen molar-refractivity contribution in [3.63, 3.8) is 0 Å². The Morgan fingerprint density at radius 3 is 2.74 bits per heavy atom. The number of benzene rings is 1. The molecular formula is C16H21N3O2S2. The van der Waals surface area contributed by atoms with Crippen LogP contribution in [0.4, 0.5) is 5.13 Å². The summed E-state index contributed by atoms with van der Waals surface area (Å²) < 4.78 is 6.63. The molecule has 5 nitrogen and oxygen atoms in total. The van der Waals surface area contributed by atoms with Crippen LogP contribution in [0.1, 0.15) is 33.3 Å².